The first-order valence-electron chi connectivity index (χ1n) is 7.64. The minimum absolute atomic E-state index is 0.310. The van der Waals surface area contributed by atoms with Gasteiger partial charge in [-0.3, -0.25) is 0 Å². The van der Waals surface area contributed by atoms with E-state index in [2.05, 4.69) is 57.3 Å². The Balaban J connectivity index is 2.38. The Morgan fingerprint density at radius 3 is 2.32 bits per heavy atom. The van der Waals surface area contributed by atoms with Gasteiger partial charge in [0.1, 0.15) is 5.75 Å². The topological polar surface area (TPSA) is 21.3 Å². The van der Waals surface area contributed by atoms with Gasteiger partial charge in [0.05, 0.1) is 6.10 Å². The van der Waals surface area contributed by atoms with Gasteiger partial charge in [0.25, 0.3) is 0 Å². The van der Waals surface area contributed by atoms with E-state index in [0.29, 0.717) is 12.1 Å². The summed E-state index contributed by atoms with van der Waals surface area (Å²) in [6.45, 7) is 9.76. The van der Waals surface area contributed by atoms with Crippen LogP contribution in [0.25, 0.3) is 0 Å². The van der Waals surface area contributed by atoms with Crippen molar-refractivity contribution in [2.24, 2.45) is 0 Å². The highest BCUT2D eigenvalue weighted by Crippen LogP contribution is 2.16. The molecule has 2 atom stereocenters. The Bertz CT molecular complexity index is 334. The van der Waals surface area contributed by atoms with E-state index in [0.717, 1.165) is 25.1 Å². The lowest BCUT2D eigenvalue weighted by molar-refractivity contribution is 0.210. The fraction of sp³-hybridized carbons (Fsp3) is 0.647. The molecule has 0 spiro atoms. The van der Waals surface area contributed by atoms with Crippen LogP contribution in [0.5, 0.6) is 5.75 Å². The summed E-state index contributed by atoms with van der Waals surface area (Å²) in [6, 6.07) is 9.16. The van der Waals surface area contributed by atoms with E-state index in [1.807, 2.05) is 0 Å². The van der Waals surface area contributed by atoms with Crippen molar-refractivity contribution < 1.29 is 4.74 Å². The normalized spacial score (nSPS) is 14.1. The van der Waals surface area contributed by atoms with Gasteiger partial charge in [-0.15, -0.1) is 0 Å². The van der Waals surface area contributed by atoms with Gasteiger partial charge in [-0.1, -0.05) is 32.4 Å². The van der Waals surface area contributed by atoms with Crippen LogP contribution in [-0.2, 0) is 6.42 Å². The van der Waals surface area contributed by atoms with E-state index < -0.39 is 0 Å². The molecule has 0 bridgehead atoms. The van der Waals surface area contributed by atoms with Crippen LogP contribution < -0.4 is 10.1 Å². The van der Waals surface area contributed by atoms with Crippen LogP contribution in [0.4, 0.5) is 0 Å². The first-order valence-corrected chi connectivity index (χ1v) is 7.64. The molecule has 1 aromatic rings. The second kappa shape index (κ2) is 8.98. The molecule has 2 nitrogen and oxygen atoms in total. The molecule has 1 N–H and O–H groups in total. The molecule has 0 aliphatic rings. The number of ether oxygens (including phenoxy) is 1. The summed E-state index contributed by atoms with van der Waals surface area (Å²) in [5.41, 5.74) is 1.39. The molecule has 0 amide bonds. The molecule has 0 aliphatic heterocycles. The summed E-state index contributed by atoms with van der Waals surface area (Å²) in [4.78, 5) is 0. The van der Waals surface area contributed by atoms with Gasteiger partial charge in [-0.05, 0) is 57.4 Å². The summed E-state index contributed by atoms with van der Waals surface area (Å²) in [5, 5.41) is 3.44. The molecule has 0 heterocycles. The SMILES string of the molecule is CCCC(C)Oc1ccc(CCC(C)NCC)cc1. The van der Waals surface area contributed by atoms with Crippen LogP contribution in [0.3, 0.4) is 0 Å². The van der Waals surface area contributed by atoms with Crippen LogP contribution in [0.2, 0.25) is 0 Å². The van der Waals surface area contributed by atoms with Crippen LogP contribution in [-0.4, -0.2) is 18.7 Å². The highest BCUT2D eigenvalue weighted by atomic mass is 16.5. The van der Waals surface area contributed by atoms with Crippen LogP contribution in [0.1, 0.15) is 52.5 Å². The van der Waals surface area contributed by atoms with Crippen molar-refractivity contribution >= 4 is 0 Å². The highest BCUT2D eigenvalue weighted by Gasteiger charge is 2.04. The zero-order valence-electron chi connectivity index (χ0n) is 12.9. The lowest BCUT2D eigenvalue weighted by Gasteiger charge is -2.15. The number of hydrogen-bond donors (Lipinski definition) is 1. The molecule has 2 unspecified atom stereocenters. The largest absolute Gasteiger partial charge is 0.491 e. The van der Waals surface area contributed by atoms with Crippen molar-refractivity contribution in [3.8, 4) is 5.75 Å². The van der Waals surface area contributed by atoms with Crippen molar-refractivity contribution in [3.05, 3.63) is 29.8 Å². The molecular formula is C17H29NO. The second-order valence-electron chi connectivity index (χ2n) is 5.36. The standard InChI is InChI=1S/C17H29NO/c1-5-7-15(4)19-17-12-10-16(11-13-17)9-8-14(3)18-6-2/h10-15,18H,5-9H2,1-4H3. The predicted octanol–water partition coefficient (Wildman–Crippen LogP) is 4.18. The van der Waals surface area contributed by atoms with E-state index in [1.165, 1.54) is 18.4 Å². The average Bonchev–Trinajstić information content (AvgIpc) is 2.38. The molecular weight excluding hydrogens is 234 g/mol. The molecule has 1 rings (SSSR count). The van der Waals surface area contributed by atoms with Crippen molar-refractivity contribution in [1.29, 1.82) is 0 Å². The van der Waals surface area contributed by atoms with E-state index in [1.54, 1.807) is 0 Å². The Morgan fingerprint density at radius 2 is 1.74 bits per heavy atom. The monoisotopic (exact) mass is 263 g/mol. The molecule has 1 aromatic carbocycles. The molecule has 0 fully saturated rings. The van der Waals surface area contributed by atoms with Gasteiger partial charge in [0.15, 0.2) is 0 Å². The maximum Gasteiger partial charge on any atom is 0.119 e. The average molecular weight is 263 g/mol. The summed E-state index contributed by atoms with van der Waals surface area (Å²) in [7, 11) is 0. The van der Waals surface area contributed by atoms with Crippen LogP contribution in [0, 0.1) is 0 Å². The fourth-order valence-corrected chi connectivity index (χ4v) is 2.27. The zero-order chi connectivity index (χ0) is 14.1. The number of nitrogens with one attached hydrogen (secondary N) is 1. The molecule has 0 radical (unpaired) electrons. The Morgan fingerprint density at radius 1 is 1.05 bits per heavy atom. The third-order valence-electron chi connectivity index (χ3n) is 3.37. The Hall–Kier alpha value is -1.02. The number of hydrogen-bond acceptors (Lipinski definition) is 2. The van der Waals surface area contributed by atoms with E-state index in [9.17, 15) is 0 Å². The number of benzene rings is 1. The predicted molar refractivity (Wildman–Crippen MR) is 82.9 cm³/mol. The van der Waals surface area contributed by atoms with Gasteiger partial charge in [0, 0.05) is 6.04 Å². The molecule has 0 saturated heterocycles. The van der Waals surface area contributed by atoms with Gasteiger partial charge in [-0.25, -0.2) is 0 Å². The molecule has 108 valence electrons. The third kappa shape index (κ3) is 6.63. The minimum Gasteiger partial charge on any atom is -0.491 e. The molecule has 2 heteroatoms. The number of rotatable bonds is 9. The lowest BCUT2D eigenvalue weighted by atomic mass is 10.1. The molecule has 0 saturated carbocycles. The molecule has 0 aliphatic carbocycles. The van der Waals surface area contributed by atoms with E-state index in [4.69, 9.17) is 4.74 Å². The fourth-order valence-electron chi connectivity index (χ4n) is 2.27. The lowest BCUT2D eigenvalue weighted by Crippen LogP contribution is -2.25. The maximum atomic E-state index is 5.86. The molecule has 19 heavy (non-hydrogen) atoms. The van der Waals surface area contributed by atoms with Gasteiger partial charge in [-0.2, -0.15) is 0 Å². The van der Waals surface area contributed by atoms with Gasteiger partial charge >= 0.3 is 0 Å². The third-order valence-corrected chi connectivity index (χ3v) is 3.37. The molecule has 0 aromatic heterocycles. The van der Waals surface area contributed by atoms with Crippen molar-refractivity contribution in [2.75, 3.05) is 6.54 Å². The summed E-state index contributed by atoms with van der Waals surface area (Å²) in [5.74, 6) is 0.990. The summed E-state index contributed by atoms with van der Waals surface area (Å²) in [6.07, 6.45) is 4.90. The Kier molecular flexibility index (Phi) is 7.57. The smallest absolute Gasteiger partial charge is 0.119 e. The summed E-state index contributed by atoms with van der Waals surface area (Å²) < 4.78 is 5.86. The Labute approximate surface area is 118 Å². The second-order valence-corrected chi connectivity index (χ2v) is 5.36. The number of aryl methyl sites for hydroxylation is 1. The van der Waals surface area contributed by atoms with E-state index in [-0.39, 0.29) is 0 Å². The van der Waals surface area contributed by atoms with Crippen LogP contribution in [0.15, 0.2) is 24.3 Å². The van der Waals surface area contributed by atoms with Crippen molar-refractivity contribution in [2.45, 2.75) is 65.5 Å². The summed E-state index contributed by atoms with van der Waals surface area (Å²) >= 11 is 0. The first-order chi connectivity index (χ1) is 9.15. The van der Waals surface area contributed by atoms with Crippen molar-refractivity contribution in [3.63, 3.8) is 0 Å². The van der Waals surface area contributed by atoms with E-state index >= 15 is 0 Å². The zero-order valence-corrected chi connectivity index (χ0v) is 12.9. The maximum absolute atomic E-state index is 5.86. The first kappa shape index (κ1) is 16.0. The van der Waals surface area contributed by atoms with Gasteiger partial charge < -0.3 is 10.1 Å². The van der Waals surface area contributed by atoms with Gasteiger partial charge in [0.2, 0.25) is 0 Å². The minimum atomic E-state index is 0.310. The quantitative estimate of drug-likeness (QED) is 0.721. The highest BCUT2D eigenvalue weighted by molar-refractivity contribution is 5.27. The van der Waals surface area contributed by atoms with Crippen LogP contribution >= 0.6 is 0 Å². The van der Waals surface area contributed by atoms with Crippen molar-refractivity contribution in [1.82, 2.24) is 5.32 Å².